The van der Waals surface area contributed by atoms with Crippen molar-refractivity contribution in [2.24, 2.45) is 0 Å². The molecule has 0 atom stereocenters. The average molecular weight is 541 g/mol. The van der Waals surface area contributed by atoms with Crippen LogP contribution in [0.5, 0.6) is 0 Å². The first-order chi connectivity index (χ1) is 19.0. The van der Waals surface area contributed by atoms with Gasteiger partial charge in [-0.25, -0.2) is 14.6 Å². The Labute approximate surface area is 225 Å². The summed E-state index contributed by atoms with van der Waals surface area (Å²) in [5, 5.41) is 3.82. The molecular weight excluding hydrogens is 520 g/mol. The monoisotopic (exact) mass is 540 g/mol. The Morgan fingerprint density at radius 2 is 1.82 bits per heavy atom. The number of imidazole rings is 1. The lowest BCUT2D eigenvalue weighted by Gasteiger charge is -2.11. The number of nitrogens with zero attached hydrogens (tertiary/aromatic N) is 3. The normalized spacial score (nSPS) is 11.2. The van der Waals surface area contributed by atoms with E-state index in [-0.39, 0.29) is 11.5 Å². The SMILES string of the molecule is Cc1oc(=S)oc1COC(=O)c1cccc2ncn(Cc3ccc(-c4ccccc4-c4noc(=O)[nH]4)cc3)c12. The van der Waals surface area contributed by atoms with Crippen molar-refractivity contribution in [1.29, 1.82) is 0 Å². The van der Waals surface area contributed by atoms with Crippen molar-refractivity contribution < 1.29 is 22.9 Å². The van der Waals surface area contributed by atoms with E-state index in [1.165, 1.54) is 0 Å². The Morgan fingerprint density at radius 3 is 2.54 bits per heavy atom. The van der Waals surface area contributed by atoms with E-state index < -0.39 is 11.7 Å². The molecule has 0 aliphatic carbocycles. The van der Waals surface area contributed by atoms with Gasteiger partial charge in [0.2, 0.25) is 0 Å². The van der Waals surface area contributed by atoms with Gasteiger partial charge in [-0.2, -0.15) is 0 Å². The van der Waals surface area contributed by atoms with Crippen LogP contribution < -0.4 is 5.76 Å². The van der Waals surface area contributed by atoms with Crippen LogP contribution in [0.2, 0.25) is 0 Å². The fourth-order valence-electron chi connectivity index (χ4n) is 4.40. The highest BCUT2D eigenvalue weighted by Crippen LogP contribution is 2.30. The van der Waals surface area contributed by atoms with Crippen molar-refractivity contribution in [3.05, 3.63) is 111 Å². The van der Waals surface area contributed by atoms with Crippen LogP contribution in [-0.2, 0) is 17.9 Å². The molecule has 0 bridgehead atoms. The summed E-state index contributed by atoms with van der Waals surface area (Å²) in [7, 11) is 0. The van der Waals surface area contributed by atoms with E-state index >= 15 is 0 Å². The zero-order chi connectivity index (χ0) is 26.9. The highest BCUT2D eigenvalue weighted by Gasteiger charge is 2.18. The van der Waals surface area contributed by atoms with E-state index in [0.29, 0.717) is 40.5 Å². The minimum absolute atomic E-state index is 0.0127. The Bertz CT molecular complexity index is 1930. The van der Waals surface area contributed by atoms with Crippen LogP contribution >= 0.6 is 12.2 Å². The second-order valence-electron chi connectivity index (χ2n) is 8.74. The van der Waals surface area contributed by atoms with Gasteiger partial charge in [-0.05, 0) is 35.7 Å². The molecule has 6 aromatic rings. The van der Waals surface area contributed by atoms with Crippen LogP contribution in [0.3, 0.4) is 0 Å². The standard InChI is InChI=1S/C28H20N4O6S/c1-16-23(37-28(39)36-16)14-35-26(33)21-7-4-8-22-24(21)32(15-29-22)13-17-9-11-18(12-10-17)19-5-2-3-6-20(19)25-30-27(34)38-31-25/h2-12,15H,13-14H2,1H3,(H,30,31,34). The van der Waals surface area contributed by atoms with Gasteiger partial charge >= 0.3 is 16.6 Å². The van der Waals surface area contributed by atoms with Gasteiger partial charge in [-0.1, -0.05) is 59.8 Å². The van der Waals surface area contributed by atoms with E-state index in [4.69, 9.17) is 25.8 Å². The van der Waals surface area contributed by atoms with Crippen LogP contribution in [-0.4, -0.2) is 25.7 Å². The van der Waals surface area contributed by atoms with Crippen molar-refractivity contribution in [2.45, 2.75) is 20.1 Å². The summed E-state index contributed by atoms with van der Waals surface area (Å²) < 4.78 is 22.5. The molecule has 0 saturated heterocycles. The highest BCUT2D eigenvalue weighted by atomic mass is 32.1. The van der Waals surface area contributed by atoms with Crippen molar-refractivity contribution in [1.82, 2.24) is 19.7 Å². The molecule has 10 nitrogen and oxygen atoms in total. The molecule has 0 fully saturated rings. The van der Waals surface area contributed by atoms with Crippen LogP contribution in [0, 0.1) is 11.8 Å². The van der Waals surface area contributed by atoms with Gasteiger partial charge in [-0.15, -0.1) is 0 Å². The molecule has 1 N–H and O–H groups in total. The van der Waals surface area contributed by atoms with Crippen LogP contribution in [0.25, 0.3) is 33.5 Å². The Balaban J connectivity index is 1.25. The maximum absolute atomic E-state index is 13.0. The van der Waals surface area contributed by atoms with Crippen LogP contribution in [0.1, 0.15) is 27.4 Å². The van der Waals surface area contributed by atoms with Gasteiger partial charge in [-0.3, -0.25) is 9.51 Å². The number of nitrogens with one attached hydrogen (secondary N) is 1. The molecule has 3 aromatic heterocycles. The number of benzene rings is 3. The smallest absolute Gasteiger partial charge is 0.439 e. The maximum atomic E-state index is 13.0. The first-order valence-corrected chi connectivity index (χ1v) is 12.3. The minimum Gasteiger partial charge on any atom is -0.454 e. The summed E-state index contributed by atoms with van der Waals surface area (Å²) >= 11 is 4.89. The Morgan fingerprint density at radius 1 is 1.03 bits per heavy atom. The van der Waals surface area contributed by atoms with E-state index in [0.717, 1.165) is 22.3 Å². The number of carbonyl (C=O) groups excluding carboxylic acids is 1. The number of esters is 1. The number of hydrogen-bond acceptors (Lipinski definition) is 9. The Hall–Kier alpha value is -5.03. The third-order valence-electron chi connectivity index (χ3n) is 6.27. The molecule has 3 heterocycles. The van der Waals surface area contributed by atoms with Crippen molar-refractivity contribution in [3.8, 4) is 22.5 Å². The zero-order valence-corrected chi connectivity index (χ0v) is 21.4. The van der Waals surface area contributed by atoms with E-state index in [9.17, 15) is 9.59 Å². The van der Waals surface area contributed by atoms with Gasteiger partial charge in [0, 0.05) is 24.3 Å². The zero-order valence-electron chi connectivity index (χ0n) is 20.5. The lowest BCUT2D eigenvalue weighted by molar-refractivity contribution is 0.0446. The summed E-state index contributed by atoms with van der Waals surface area (Å²) in [5.74, 6) is 0.0808. The Kier molecular flexibility index (Phi) is 6.25. The lowest BCUT2D eigenvalue weighted by atomic mass is 9.98. The number of fused-ring (bicyclic) bond motifs is 1. The molecule has 0 amide bonds. The second kappa shape index (κ2) is 10.0. The first kappa shape index (κ1) is 24.3. The molecule has 0 aliphatic rings. The number of aromatic nitrogens is 4. The van der Waals surface area contributed by atoms with Gasteiger partial charge < -0.3 is 18.1 Å². The number of carbonyl (C=O) groups is 1. The summed E-state index contributed by atoms with van der Waals surface area (Å²) in [5.41, 5.74) is 5.32. The van der Waals surface area contributed by atoms with Crippen LogP contribution in [0.15, 0.2) is 91.2 Å². The molecule has 0 saturated carbocycles. The molecule has 3 aromatic carbocycles. The molecule has 0 radical (unpaired) electrons. The number of ether oxygens (including phenoxy) is 1. The van der Waals surface area contributed by atoms with E-state index in [1.54, 1.807) is 25.4 Å². The van der Waals surface area contributed by atoms with Crippen molar-refractivity contribution >= 4 is 29.2 Å². The maximum Gasteiger partial charge on any atom is 0.439 e. The minimum atomic E-state index is -0.608. The van der Waals surface area contributed by atoms with Crippen LogP contribution in [0.4, 0.5) is 0 Å². The lowest BCUT2D eigenvalue weighted by Crippen LogP contribution is -2.09. The summed E-state index contributed by atoms with van der Waals surface area (Å²) in [6.45, 7) is 2.08. The predicted molar refractivity (Wildman–Crippen MR) is 142 cm³/mol. The molecule has 194 valence electrons. The number of rotatable bonds is 7. The molecule has 0 unspecified atom stereocenters. The molecule has 0 aliphatic heterocycles. The second-order valence-corrected chi connectivity index (χ2v) is 9.07. The fourth-order valence-corrected chi connectivity index (χ4v) is 4.63. The number of hydrogen-bond donors (Lipinski definition) is 1. The summed E-state index contributed by atoms with van der Waals surface area (Å²) in [6, 6.07) is 20.9. The third-order valence-corrected chi connectivity index (χ3v) is 6.44. The quantitative estimate of drug-likeness (QED) is 0.201. The third kappa shape index (κ3) is 4.82. The molecule has 11 heteroatoms. The van der Waals surface area contributed by atoms with Crippen molar-refractivity contribution in [2.75, 3.05) is 0 Å². The van der Waals surface area contributed by atoms with Gasteiger partial charge in [0.05, 0.1) is 22.9 Å². The average Bonchev–Trinajstić information content (AvgIpc) is 3.65. The van der Waals surface area contributed by atoms with Gasteiger partial charge in [0.15, 0.2) is 18.2 Å². The predicted octanol–water partition coefficient (Wildman–Crippen LogP) is 5.68. The van der Waals surface area contributed by atoms with Gasteiger partial charge in [0.25, 0.3) is 0 Å². The molecule has 6 rings (SSSR count). The topological polar surface area (TPSA) is 129 Å². The number of para-hydroxylation sites is 1. The van der Waals surface area contributed by atoms with Gasteiger partial charge in [0.1, 0.15) is 5.76 Å². The molecule has 0 spiro atoms. The molecule has 39 heavy (non-hydrogen) atoms. The fraction of sp³-hybridized carbons (Fsp3) is 0.107. The highest BCUT2D eigenvalue weighted by molar-refractivity contribution is 7.71. The number of aromatic amines is 1. The first-order valence-electron chi connectivity index (χ1n) is 11.9. The van der Waals surface area contributed by atoms with Crippen molar-refractivity contribution in [3.63, 3.8) is 0 Å². The summed E-state index contributed by atoms with van der Waals surface area (Å²) in [6.07, 6.45) is 1.70. The number of aryl methyl sites for hydroxylation is 1. The largest absolute Gasteiger partial charge is 0.454 e. The van der Waals surface area contributed by atoms with E-state index in [2.05, 4.69) is 19.6 Å². The van der Waals surface area contributed by atoms with E-state index in [1.807, 2.05) is 59.2 Å². The summed E-state index contributed by atoms with van der Waals surface area (Å²) in [4.78, 5) is 31.5. The number of H-pyrrole nitrogens is 1. The molecular formula is C28H20N4O6S.